The van der Waals surface area contributed by atoms with Crippen LogP contribution < -0.4 is 15.2 Å². The predicted molar refractivity (Wildman–Crippen MR) is 125 cm³/mol. The van der Waals surface area contributed by atoms with E-state index in [0.29, 0.717) is 31.1 Å². The van der Waals surface area contributed by atoms with Crippen LogP contribution in [-0.2, 0) is 27.1 Å². The number of anilines is 1. The minimum absolute atomic E-state index is 0.0514. The Morgan fingerprint density at radius 2 is 1.84 bits per heavy atom. The number of piperidine rings is 1. The molecule has 38 heavy (non-hydrogen) atoms. The van der Waals surface area contributed by atoms with E-state index in [1.165, 1.54) is 18.2 Å². The lowest BCUT2D eigenvalue weighted by Gasteiger charge is -2.32. The van der Waals surface area contributed by atoms with Crippen molar-refractivity contribution in [1.29, 1.82) is 0 Å². The minimum atomic E-state index is -4.53. The van der Waals surface area contributed by atoms with Crippen LogP contribution in [0.25, 0.3) is 10.3 Å². The first-order chi connectivity index (χ1) is 17.9. The van der Waals surface area contributed by atoms with Crippen LogP contribution in [0.3, 0.4) is 0 Å². The number of aliphatic hydroxyl groups is 1. The number of aliphatic hydroxyl groups excluding tert-OH is 1. The first-order valence-corrected chi connectivity index (χ1v) is 12.0. The highest BCUT2D eigenvalue weighted by atomic mass is 32.1. The summed E-state index contributed by atoms with van der Waals surface area (Å²) in [6.45, 7) is 0.196. The fourth-order valence-corrected chi connectivity index (χ4v) is 4.77. The average Bonchev–Trinajstić information content (AvgIpc) is 3.29. The molecule has 0 bridgehead atoms. The molecule has 0 radical (unpaired) electrons. The van der Waals surface area contributed by atoms with Gasteiger partial charge >= 0.3 is 18.1 Å². The number of nitrogens with one attached hydrogen (secondary N) is 1. The molecule has 3 aromatic rings. The van der Waals surface area contributed by atoms with Gasteiger partial charge in [0, 0.05) is 25.9 Å². The number of hydrogen-bond acceptors (Lipinski definition) is 10. The number of alkyl halides is 3. The maximum atomic E-state index is 13.2. The number of fused-ring (bicyclic) bond motifs is 1. The van der Waals surface area contributed by atoms with Gasteiger partial charge in [-0.3, -0.25) is 4.79 Å². The van der Waals surface area contributed by atoms with Crippen molar-refractivity contribution in [2.24, 2.45) is 0 Å². The lowest BCUT2D eigenvalue weighted by molar-refractivity contribution is -0.172. The fourth-order valence-electron chi connectivity index (χ4n) is 3.82. The number of thiazole rings is 1. The number of aliphatic carboxylic acids is 2. The molecule has 1 saturated heterocycles. The third-order valence-corrected chi connectivity index (χ3v) is 6.79. The molecule has 3 heterocycles. The van der Waals surface area contributed by atoms with Crippen LogP contribution in [0, 0.1) is 0 Å². The SMILES string of the molecule is O=C(O)C(O)C(OCc1nc2nc(N3CCC(Oc4ccccc4C(F)(F)F)CC3)sc2c(=O)[nH]1)C(=O)O. The number of H-pyrrole nitrogens is 1. The van der Waals surface area contributed by atoms with Crippen molar-refractivity contribution in [2.75, 3.05) is 18.0 Å². The smallest absolute Gasteiger partial charge is 0.419 e. The Labute approximate surface area is 215 Å². The summed E-state index contributed by atoms with van der Waals surface area (Å²) in [6, 6.07) is 5.01. The second-order valence-corrected chi connectivity index (χ2v) is 9.29. The molecule has 2 unspecified atom stereocenters. The van der Waals surface area contributed by atoms with E-state index in [1.807, 2.05) is 4.90 Å². The molecule has 2 aromatic heterocycles. The van der Waals surface area contributed by atoms with Crippen molar-refractivity contribution in [2.45, 2.75) is 43.9 Å². The van der Waals surface area contributed by atoms with Gasteiger partial charge in [0.25, 0.3) is 5.56 Å². The van der Waals surface area contributed by atoms with Crippen LogP contribution >= 0.6 is 11.3 Å². The summed E-state index contributed by atoms with van der Waals surface area (Å²) in [6.07, 6.45) is -8.58. The zero-order valence-electron chi connectivity index (χ0n) is 19.3. The number of rotatable bonds is 9. The third kappa shape index (κ3) is 6.03. The number of aromatic nitrogens is 3. The first-order valence-electron chi connectivity index (χ1n) is 11.2. The maximum Gasteiger partial charge on any atom is 0.419 e. The van der Waals surface area contributed by atoms with E-state index in [9.17, 15) is 32.7 Å². The number of para-hydroxylation sites is 1. The van der Waals surface area contributed by atoms with Gasteiger partial charge in [0.15, 0.2) is 23.0 Å². The van der Waals surface area contributed by atoms with E-state index in [1.54, 1.807) is 0 Å². The van der Waals surface area contributed by atoms with Crippen LogP contribution in [0.2, 0.25) is 0 Å². The summed E-state index contributed by atoms with van der Waals surface area (Å²) in [4.78, 5) is 47.3. The number of ether oxygens (including phenoxy) is 2. The molecule has 1 aliphatic heterocycles. The van der Waals surface area contributed by atoms with Crippen LogP contribution in [0.15, 0.2) is 29.1 Å². The highest BCUT2D eigenvalue weighted by Crippen LogP contribution is 2.37. The molecule has 204 valence electrons. The Hall–Kier alpha value is -3.76. The monoisotopic (exact) mass is 558 g/mol. The Bertz CT molecular complexity index is 1390. The summed E-state index contributed by atoms with van der Waals surface area (Å²) in [7, 11) is 0. The lowest BCUT2D eigenvalue weighted by atomic mass is 10.1. The molecule has 16 heteroatoms. The second kappa shape index (κ2) is 10.9. The summed E-state index contributed by atoms with van der Waals surface area (Å²) < 4.78 is 50.5. The van der Waals surface area contributed by atoms with Gasteiger partial charge < -0.3 is 34.7 Å². The van der Waals surface area contributed by atoms with Gasteiger partial charge in [-0.25, -0.2) is 14.6 Å². The van der Waals surface area contributed by atoms with Crippen molar-refractivity contribution < 1.29 is 47.6 Å². The molecule has 4 N–H and O–H groups in total. The largest absolute Gasteiger partial charge is 0.490 e. The molecular formula is C22H21F3N4O8S. The normalized spacial score (nSPS) is 16.4. The molecule has 0 amide bonds. The van der Waals surface area contributed by atoms with Crippen molar-refractivity contribution in [3.63, 3.8) is 0 Å². The lowest BCUT2D eigenvalue weighted by Crippen LogP contribution is -2.41. The topological polar surface area (TPSA) is 175 Å². The maximum absolute atomic E-state index is 13.2. The van der Waals surface area contributed by atoms with Crippen molar-refractivity contribution in [1.82, 2.24) is 15.0 Å². The first kappa shape index (κ1) is 27.3. The quantitative estimate of drug-likeness (QED) is 0.302. The number of benzene rings is 1. The standard InChI is InChI=1S/C22H21F3N4O8S/c23-22(24,25)11-3-1-2-4-12(11)37-10-5-7-29(8-6-10)21-28-17-16(38-21)18(31)27-13(26-17)9-36-15(20(34)35)14(30)19(32)33/h1-4,10,14-15,30H,5-9H2,(H,32,33)(H,34,35)(H,26,27,31). The van der Waals surface area contributed by atoms with Gasteiger partial charge in [0.1, 0.15) is 29.0 Å². The van der Waals surface area contributed by atoms with Gasteiger partial charge in [0.2, 0.25) is 0 Å². The molecule has 0 aliphatic carbocycles. The number of halogens is 3. The van der Waals surface area contributed by atoms with Crippen LogP contribution in [-0.4, -0.2) is 73.6 Å². The van der Waals surface area contributed by atoms with Crippen molar-refractivity contribution in [3.05, 3.63) is 46.0 Å². The number of carboxylic acids is 2. The Morgan fingerprint density at radius 3 is 2.47 bits per heavy atom. The predicted octanol–water partition coefficient (Wildman–Crippen LogP) is 1.86. The highest BCUT2D eigenvalue weighted by Gasteiger charge is 2.35. The summed E-state index contributed by atoms with van der Waals surface area (Å²) in [5.74, 6) is -3.87. The van der Waals surface area contributed by atoms with E-state index < -0.39 is 54.2 Å². The number of carboxylic acid groups (broad SMARTS) is 2. The molecule has 1 aliphatic rings. The highest BCUT2D eigenvalue weighted by molar-refractivity contribution is 7.22. The van der Waals surface area contributed by atoms with Crippen LogP contribution in [0.4, 0.5) is 18.3 Å². The number of carbonyl (C=O) groups is 2. The van der Waals surface area contributed by atoms with E-state index in [2.05, 4.69) is 15.0 Å². The summed E-state index contributed by atoms with van der Waals surface area (Å²) in [5.41, 5.74) is -1.37. The van der Waals surface area contributed by atoms with Crippen molar-refractivity contribution in [3.8, 4) is 5.75 Å². The van der Waals surface area contributed by atoms with Crippen LogP contribution in [0.5, 0.6) is 5.75 Å². The number of hydrogen-bond donors (Lipinski definition) is 4. The fraction of sp³-hybridized carbons (Fsp3) is 0.409. The van der Waals surface area contributed by atoms with Gasteiger partial charge in [-0.15, -0.1) is 0 Å². The van der Waals surface area contributed by atoms with E-state index in [0.717, 1.165) is 17.4 Å². The van der Waals surface area contributed by atoms with E-state index >= 15 is 0 Å². The Balaban J connectivity index is 1.42. The Morgan fingerprint density at radius 1 is 1.16 bits per heavy atom. The summed E-state index contributed by atoms with van der Waals surface area (Å²) in [5, 5.41) is 27.8. The zero-order chi connectivity index (χ0) is 27.6. The third-order valence-electron chi connectivity index (χ3n) is 5.68. The molecule has 1 fully saturated rings. The molecule has 0 spiro atoms. The molecule has 1 aromatic carbocycles. The number of aromatic amines is 1. The minimum Gasteiger partial charge on any atom is -0.490 e. The second-order valence-electron chi connectivity index (χ2n) is 8.31. The molecule has 0 saturated carbocycles. The van der Waals surface area contributed by atoms with Gasteiger partial charge in [-0.1, -0.05) is 23.5 Å². The average molecular weight is 558 g/mol. The molecule has 4 rings (SSSR count). The van der Waals surface area contributed by atoms with Crippen LogP contribution in [0.1, 0.15) is 24.2 Å². The zero-order valence-corrected chi connectivity index (χ0v) is 20.2. The van der Waals surface area contributed by atoms with Gasteiger partial charge in [0.05, 0.1) is 5.56 Å². The van der Waals surface area contributed by atoms with E-state index in [4.69, 9.17) is 19.7 Å². The molecular weight excluding hydrogens is 537 g/mol. The number of nitrogens with zero attached hydrogens (tertiary/aromatic N) is 3. The van der Waals surface area contributed by atoms with Gasteiger partial charge in [-0.2, -0.15) is 18.2 Å². The molecule has 2 atom stereocenters. The molecule has 12 nitrogen and oxygen atoms in total. The van der Waals surface area contributed by atoms with E-state index in [-0.39, 0.29) is 21.9 Å². The van der Waals surface area contributed by atoms with Crippen molar-refractivity contribution >= 4 is 38.8 Å². The summed E-state index contributed by atoms with van der Waals surface area (Å²) >= 11 is 1.05. The van der Waals surface area contributed by atoms with Gasteiger partial charge in [-0.05, 0) is 12.1 Å². The Kier molecular flexibility index (Phi) is 7.84.